The largest absolute Gasteiger partial charge is 0.361 e. The zero-order valence-corrected chi connectivity index (χ0v) is 12.5. The van der Waals surface area contributed by atoms with Crippen LogP contribution in [-0.2, 0) is 0 Å². The minimum Gasteiger partial charge on any atom is -0.361 e. The molecule has 0 spiro atoms. The van der Waals surface area contributed by atoms with E-state index < -0.39 is 0 Å². The van der Waals surface area contributed by atoms with Crippen LogP contribution in [0, 0.1) is 0 Å². The van der Waals surface area contributed by atoms with Gasteiger partial charge in [-0.25, -0.2) is 9.67 Å². The quantitative estimate of drug-likeness (QED) is 0.594. The van der Waals surface area contributed by atoms with Crippen molar-refractivity contribution in [2.45, 2.75) is 0 Å². The second-order valence-corrected chi connectivity index (χ2v) is 5.29. The van der Waals surface area contributed by atoms with Crippen molar-refractivity contribution in [1.29, 1.82) is 0 Å². The molecule has 1 aliphatic rings. The summed E-state index contributed by atoms with van der Waals surface area (Å²) < 4.78 is 1.64. The van der Waals surface area contributed by atoms with Crippen molar-refractivity contribution in [3.63, 3.8) is 0 Å². The Balaban J connectivity index is 1.56. The van der Waals surface area contributed by atoms with Gasteiger partial charge in [-0.2, -0.15) is 5.10 Å². The van der Waals surface area contributed by atoms with Crippen molar-refractivity contribution in [2.75, 3.05) is 5.32 Å². The summed E-state index contributed by atoms with van der Waals surface area (Å²) in [6.07, 6.45) is 4.54. The highest BCUT2D eigenvalue weighted by Gasteiger charge is 2.32. The van der Waals surface area contributed by atoms with Crippen LogP contribution in [0.15, 0.2) is 73.0 Å². The molecule has 116 valence electrons. The molecule has 1 heterocycles. The molecular formula is C18H12N4O2. The van der Waals surface area contributed by atoms with Gasteiger partial charge in [0, 0.05) is 23.0 Å². The van der Waals surface area contributed by atoms with E-state index in [9.17, 15) is 9.59 Å². The van der Waals surface area contributed by atoms with Gasteiger partial charge < -0.3 is 5.32 Å². The number of ketones is 2. The highest BCUT2D eigenvalue weighted by Crippen LogP contribution is 2.26. The van der Waals surface area contributed by atoms with Crippen LogP contribution >= 0.6 is 0 Å². The zero-order valence-electron chi connectivity index (χ0n) is 12.5. The maximum absolute atomic E-state index is 12.3. The van der Waals surface area contributed by atoms with E-state index in [2.05, 4.69) is 15.4 Å². The van der Waals surface area contributed by atoms with Crippen molar-refractivity contribution in [3.8, 4) is 5.69 Å². The van der Waals surface area contributed by atoms with Crippen molar-refractivity contribution >= 4 is 17.3 Å². The minimum absolute atomic E-state index is 0.150. The molecular weight excluding hydrogens is 304 g/mol. The Kier molecular flexibility index (Phi) is 3.28. The number of fused-ring (bicyclic) bond motifs is 1. The average molecular weight is 316 g/mol. The fourth-order valence-corrected chi connectivity index (χ4v) is 2.61. The fourth-order valence-electron chi connectivity index (χ4n) is 2.61. The first-order valence-corrected chi connectivity index (χ1v) is 7.34. The van der Waals surface area contributed by atoms with Gasteiger partial charge in [-0.15, -0.1) is 0 Å². The van der Waals surface area contributed by atoms with Gasteiger partial charge in [0.15, 0.2) is 11.6 Å². The smallest absolute Gasteiger partial charge is 0.199 e. The van der Waals surface area contributed by atoms with E-state index in [1.165, 1.54) is 12.5 Å². The third-order valence-electron chi connectivity index (χ3n) is 3.84. The fraction of sp³-hybridized carbons (Fsp3) is 0. The van der Waals surface area contributed by atoms with Crippen LogP contribution in [0.1, 0.15) is 20.7 Å². The summed E-state index contributed by atoms with van der Waals surface area (Å²) in [6, 6.07) is 14.3. The monoisotopic (exact) mass is 316 g/mol. The van der Waals surface area contributed by atoms with E-state index in [0.717, 1.165) is 11.4 Å². The van der Waals surface area contributed by atoms with Crippen molar-refractivity contribution in [3.05, 3.63) is 84.1 Å². The summed E-state index contributed by atoms with van der Waals surface area (Å²) in [7, 11) is 0. The van der Waals surface area contributed by atoms with Gasteiger partial charge >= 0.3 is 0 Å². The van der Waals surface area contributed by atoms with Gasteiger partial charge in [0.1, 0.15) is 12.7 Å². The molecule has 0 saturated heterocycles. The molecule has 0 amide bonds. The lowest BCUT2D eigenvalue weighted by Gasteiger charge is -2.04. The van der Waals surface area contributed by atoms with Crippen LogP contribution in [0.5, 0.6) is 0 Å². The Labute approximate surface area is 137 Å². The summed E-state index contributed by atoms with van der Waals surface area (Å²) >= 11 is 0. The molecule has 0 fully saturated rings. The molecule has 0 aliphatic heterocycles. The van der Waals surface area contributed by atoms with Crippen molar-refractivity contribution in [2.24, 2.45) is 0 Å². The number of benzene rings is 2. The van der Waals surface area contributed by atoms with Gasteiger partial charge in [-0.3, -0.25) is 9.59 Å². The molecule has 0 unspecified atom stereocenters. The molecule has 1 N–H and O–H groups in total. The molecule has 6 heteroatoms. The molecule has 0 bridgehead atoms. The van der Waals surface area contributed by atoms with Gasteiger partial charge in [-0.05, 0) is 24.3 Å². The molecule has 3 aromatic rings. The number of nitrogens with one attached hydrogen (secondary N) is 1. The summed E-state index contributed by atoms with van der Waals surface area (Å²) in [5.41, 5.74) is 2.69. The third kappa shape index (κ3) is 2.30. The maximum atomic E-state index is 12.3. The van der Waals surface area contributed by atoms with E-state index in [1.54, 1.807) is 35.3 Å². The lowest BCUT2D eigenvalue weighted by molar-refractivity contribution is 0.0988. The van der Waals surface area contributed by atoms with Crippen LogP contribution in [0.4, 0.5) is 5.69 Å². The average Bonchev–Trinajstić information content (AvgIpc) is 3.23. The van der Waals surface area contributed by atoms with Gasteiger partial charge in [0.2, 0.25) is 0 Å². The standard InChI is InChI=1S/C18H12N4O2/c23-17-14-3-1-2-4-15(14)18(24)16(17)9-20-12-5-7-13(8-6-12)22-11-19-10-21-22/h1-11,20H. The maximum Gasteiger partial charge on any atom is 0.199 e. The second kappa shape index (κ2) is 5.58. The topological polar surface area (TPSA) is 76.9 Å². The van der Waals surface area contributed by atoms with E-state index in [1.807, 2.05) is 24.3 Å². The number of Topliss-reactive ketones (excluding diaryl/α,β-unsaturated/α-hetero) is 2. The summed E-state index contributed by atoms with van der Waals surface area (Å²) in [4.78, 5) is 28.5. The Morgan fingerprint density at radius 2 is 1.58 bits per heavy atom. The first kappa shape index (κ1) is 14.1. The Morgan fingerprint density at radius 3 is 2.17 bits per heavy atom. The first-order chi connectivity index (χ1) is 11.7. The lowest BCUT2D eigenvalue weighted by atomic mass is 10.1. The predicted octanol–water partition coefficient (Wildman–Crippen LogP) is 2.64. The molecule has 2 aromatic carbocycles. The number of rotatable bonds is 3. The normalized spacial score (nSPS) is 13.1. The molecule has 4 rings (SSSR count). The number of anilines is 1. The summed E-state index contributed by atoms with van der Waals surface area (Å²) in [6.45, 7) is 0. The van der Waals surface area contributed by atoms with E-state index in [0.29, 0.717) is 11.1 Å². The van der Waals surface area contributed by atoms with Gasteiger partial charge in [0.25, 0.3) is 0 Å². The number of allylic oxidation sites excluding steroid dienone is 1. The van der Waals surface area contributed by atoms with Crippen LogP contribution in [-0.4, -0.2) is 26.3 Å². The molecule has 0 atom stereocenters. The molecule has 0 radical (unpaired) electrons. The Bertz CT molecular complexity index is 920. The van der Waals surface area contributed by atoms with E-state index in [-0.39, 0.29) is 17.1 Å². The summed E-state index contributed by atoms with van der Waals surface area (Å²) in [5.74, 6) is -0.496. The van der Waals surface area contributed by atoms with Gasteiger partial charge in [-0.1, -0.05) is 24.3 Å². The van der Waals surface area contributed by atoms with Gasteiger partial charge in [0.05, 0.1) is 11.3 Å². The Hall–Kier alpha value is -3.54. The number of hydrogen-bond donors (Lipinski definition) is 1. The SMILES string of the molecule is O=C1C(=CNc2ccc(-n3cncn3)cc2)C(=O)c2ccccc21. The van der Waals surface area contributed by atoms with E-state index in [4.69, 9.17) is 0 Å². The highest BCUT2D eigenvalue weighted by atomic mass is 16.2. The van der Waals surface area contributed by atoms with Crippen molar-refractivity contribution in [1.82, 2.24) is 14.8 Å². The third-order valence-corrected chi connectivity index (χ3v) is 3.84. The molecule has 6 nitrogen and oxygen atoms in total. The van der Waals surface area contributed by atoms with Crippen LogP contribution in [0.2, 0.25) is 0 Å². The number of carbonyl (C=O) groups excluding carboxylic acids is 2. The number of carbonyl (C=O) groups is 2. The molecule has 0 saturated carbocycles. The van der Waals surface area contributed by atoms with Crippen LogP contribution in [0.25, 0.3) is 5.69 Å². The van der Waals surface area contributed by atoms with Crippen LogP contribution < -0.4 is 5.32 Å². The molecule has 24 heavy (non-hydrogen) atoms. The Morgan fingerprint density at radius 1 is 0.917 bits per heavy atom. The van der Waals surface area contributed by atoms with E-state index >= 15 is 0 Å². The van der Waals surface area contributed by atoms with Crippen LogP contribution in [0.3, 0.4) is 0 Å². The first-order valence-electron chi connectivity index (χ1n) is 7.34. The lowest BCUT2D eigenvalue weighted by Crippen LogP contribution is -2.04. The molecule has 1 aromatic heterocycles. The summed E-state index contributed by atoms with van der Waals surface area (Å²) in [5, 5.41) is 7.06. The predicted molar refractivity (Wildman–Crippen MR) is 88.2 cm³/mol. The highest BCUT2D eigenvalue weighted by molar-refractivity contribution is 6.39. The zero-order chi connectivity index (χ0) is 16.5. The second-order valence-electron chi connectivity index (χ2n) is 5.29. The number of aromatic nitrogens is 3. The number of nitrogens with zero attached hydrogens (tertiary/aromatic N) is 3. The van der Waals surface area contributed by atoms with Crippen molar-refractivity contribution < 1.29 is 9.59 Å². The minimum atomic E-state index is -0.248. The number of hydrogen-bond acceptors (Lipinski definition) is 5. The molecule has 1 aliphatic carbocycles.